The van der Waals surface area contributed by atoms with Crippen LogP contribution in [0, 0.1) is 11.3 Å². The van der Waals surface area contributed by atoms with E-state index in [4.69, 9.17) is 10.00 Å². The molecule has 0 radical (unpaired) electrons. The van der Waals surface area contributed by atoms with Gasteiger partial charge in [-0.2, -0.15) is 5.26 Å². The minimum Gasteiger partial charge on any atom is -0.486 e. The zero-order chi connectivity index (χ0) is 13.5. The lowest BCUT2D eigenvalue weighted by Crippen LogP contribution is -2.02. The van der Waals surface area contributed by atoms with Crippen LogP contribution in [0.25, 0.3) is 0 Å². The van der Waals surface area contributed by atoms with Crippen molar-refractivity contribution in [3.63, 3.8) is 0 Å². The molecule has 1 aromatic heterocycles. The molecule has 2 aromatic rings. The summed E-state index contributed by atoms with van der Waals surface area (Å²) in [7, 11) is 0. The van der Waals surface area contributed by atoms with Crippen molar-refractivity contribution >= 4 is 5.69 Å². The molecule has 0 aliphatic heterocycles. The molecule has 1 heterocycles. The van der Waals surface area contributed by atoms with Crippen LogP contribution in [0.5, 0.6) is 5.75 Å². The standard InChI is InChI=1S/C15H15N3O/c1-2-17-13-7-8-18-14(9-13)11-19-15-6-4-3-5-12(15)10-16/h3-9H,2,11H2,1H3,(H,17,18). The van der Waals surface area contributed by atoms with Crippen LogP contribution in [0.1, 0.15) is 18.2 Å². The summed E-state index contributed by atoms with van der Waals surface area (Å²) in [6.45, 7) is 3.25. The minimum absolute atomic E-state index is 0.345. The van der Waals surface area contributed by atoms with E-state index in [0.717, 1.165) is 17.9 Å². The minimum atomic E-state index is 0.345. The predicted molar refractivity (Wildman–Crippen MR) is 73.9 cm³/mol. The molecule has 4 nitrogen and oxygen atoms in total. The smallest absolute Gasteiger partial charge is 0.137 e. The second-order valence-electron chi connectivity index (χ2n) is 3.96. The number of hydrogen-bond donors (Lipinski definition) is 1. The van der Waals surface area contributed by atoms with Gasteiger partial charge in [-0.05, 0) is 31.2 Å². The second-order valence-corrected chi connectivity index (χ2v) is 3.96. The molecule has 0 saturated heterocycles. The highest BCUT2D eigenvalue weighted by molar-refractivity contribution is 5.44. The number of aromatic nitrogens is 1. The van der Waals surface area contributed by atoms with E-state index >= 15 is 0 Å². The first-order chi connectivity index (χ1) is 9.33. The van der Waals surface area contributed by atoms with Crippen LogP contribution in [0.4, 0.5) is 5.69 Å². The summed E-state index contributed by atoms with van der Waals surface area (Å²) >= 11 is 0. The Morgan fingerprint density at radius 2 is 2.16 bits per heavy atom. The van der Waals surface area contributed by atoms with Gasteiger partial charge in [0.15, 0.2) is 0 Å². The number of nitrogens with one attached hydrogen (secondary N) is 1. The molecule has 0 aliphatic carbocycles. The number of para-hydroxylation sites is 1. The maximum Gasteiger partial charge on any atom is 0.137 e. The lowest BCUT2D eigenvalue weighted by Gasteiger charge is -2.08. The fourth-order valence-corrected chi connectivity index (χ4v) is 1.71. The summed E-state index contributed by atoms with van der Waals surface area (Å²) in [6.07, 6.45) is 1.74. The highest BCUT2D eigenvalue weighted by Crippen LogP contribution is 2.18. The number of pyridine rings is 1. The van der Waals surface area contributed by atoms with E-state index in [1.807, 2.05) is 31.2 Å². The second kappa shape index (κ2) is 6.41. The maximum absolute atomic E-state index is 8.97. The molecule has 96 valence electrons. The highest BCUT2D eigenvalue weighted by atomic mass is 16.5. The van der Waals surface area contributed by atoms with Gasteiger partial charge in [0.1, 0.15) is 18.4 Å². The van der Waals surface area contributed by atoms with Crippen molar-refractivity contribution in [3.05, 3.63) is 53.9 Å². The fraction of sp³-hybridized carbons (Fsp3) is 0.200. The Morgan fingerprint density at radius 3 is 2.95 bits per heavy atom. The average molecular weight is 253 g/mol. The van der Waals surface area contributed by atoms with Crippen LogP contribution in [0.2, 0.25) is 0 Å². The number of rotatable bonds is 5. The van der Waals surface area contributed by atoms with E-state index in [1.165, 1.54) is 0 Å². The summed E-state index contributed by atoms with van der Waals surface area (Å²) in [5.74, 6) is 0.584. The van der Waals surface area contributed by atoms with Gasteiger partial charge in [0.2, 0.25) is 0 Å². The molecular weight excluding hydrogens is 238 g/mol. The van der Waals surface area contributed by atoms with Crippen LogP contribution >= 0.6 is 0 Å². The zero-order valence-corrected chi connectivity index (χ0v) is 10.8. The van der Waals surface area contributed by atoms with Crippen molar-refractivity contribution in [1.29, 1.82) is 5.26 Å². The molecule has 0 saturated carbocycles. The van der Waals surface area contributed by atoms with Gasteiger partial charge in [0.05, 0.1) is 11.3 Å². The zero-order valence-electron chi connectivity index (χ0n) is 10.8. The Labute approximate surface area is 112 Å². The normalized spacial score (nSPS) is 9.68. The molecule has 0 unspecified atom stereocenters. The average Bonchev–Trinajstić information content (AvgIpc) is 2.46. The monoisotopic (exact) mass is 253 g/mol. The van der Waals surface area contributed by atoms with Crippen molar-refractivity contribution in [2.75, 3.05) is 11.9 Å². The summed E-state index contributed by atoms with van der Waals surface area (Å²) in [5.41, 5.74) is 2.38. The predicted octanol–water partition coefficient (Wildman–Crippen LogP) is 2.96. The third-order valence-corrected chi connectivity index (χ3v) is 2.58. The van der Waals surface area contributed by atoms with E-state index in [-0.39, 0.29) is 0 Å². The molecule has 0 fully saturated rings. The Bertz CT molecular complexity index is 590. The topological polar surface area (TPSA) is 57.9 Å². The maximum atomic E-state index is 8.97. The summed E-state index contributed by atoms with van der Waals surface area (Å²) in [6, 6.07) is 13.1. The number of anilines is 1. The molecule has 0 bridgehead atoms. The molecule has 0 spiro atoms. The Morgan fingerprint density at radius 1 is 1.32 bits per heavy atom. The number of hydrogen-bond acceptors (Lipinski definition) is 4. The third-order valence-electron chi connectivity index (χ3n) is 2.58. The molecule has 1 aromatic carbocycles. The first-order valence-electron chi connectivity index (χ1n) is 6.14. The van der Waals surface area contributed by atoms with E-state index in [1.54, 1.807) is 18.3 Å². The van der Waals surface area contributed by atoms with Gasteiger partial charge in [-0.3, -0.25) is 4.98 Å². The van der Waals surface area contributed by atoms with E-state index in [0.29, 0.717) is 17.9 Å². The van der Waals surface area contributed by atoms with Crippen LogP contribution in [-0.4, -0.2) is 11.5 Å². The van der Waals surface area contributed by atoms with E-state index in [2.05, 4.69) is 16.4 Å². The summed E-state index contributed by atoms with van der Waals surface area (Å²) in [4.78, 5) is 4.24. The van der Waals surface area contributed by atoms with Crippen LogP contribution < -0.4 is 10.1 Å². The van der Waals surface area contributed by atoms with Gasteiger partial charge in [0, 0.05) is 18.4 Å². The first kappa shape index (κ1) is 12.9. The van der Waals surface area contributed by atoms with Crippen LogP contribution in [-0.2, 0) is 6.61 Å². The Hall–Kier alpha value is -2.54. The molecule has 0 atom stereocenters. The van der Waals surface area contributed by atoms with Gasteiger partial charge in [-0.15, -0.1) is 0 Å². The number of nitrogens with zero attached hydrogens (tertiary/aromatic N) is 2. The van der Waals surface area contributed by atoms with Crippen molar-refractivity contribution < 1.29 is 4.74 Å². The van der Waals surface area contributed by atoms with Crippen molar-refractivity contribution in [2.45, 2.75) is 13.5 Å². The lowest BCUT2D eigenvalue weighted by atomic mass is 10.2. The van der Waals surface area contributed by atoms with Gasteiger partial charge < -0.3 is 10.1 Å². The van der Waals surface area contributed by atoms with Gasteiger partial charge in [-0.1, -0.05) is 12.1 Å². The van der Waals surface area contributed by atoms with Gasteiger partial charge in [0.25, 0.3) is 0 Å². The Balaban J connectivity index is 2.06. The highest BCUT2D eigenvalue weighted by Gasteiger charge is 2.03. The number of benzene rings is 1. The molecule has 19 heavy (non-hydrogen) atoms. The molecule has 1 N–H and O–H groups in total. The quantitative estimate of drug-likeness (QED) is 0.890. The molecular formula is C15H15N3O. The van der Waals surface area contributed by atoms with E-state index in [9.17, 15) is 0 Å². The summed E-state index contributed by atoms with van der Waals surface area (Å²) < 4.78 is 5.63. The van der Waals surface area contributed by atoms with Crippen molar-refractivity contribution in [1.82, 2.24) is 4.98 Å². The van der Waals surface area contributed by atoms with E-state index < -0.39 is 0 Å². The first-order valence-corrected chi connectivity index (χ1v) is 6.14. The molecule has 4 heteroatoms. The molecule has 2 rings (SSSR count). The molecule has 0 aliphatic rings. The SMILES string of the molecule is CCNc1ccnc(COc2ccccc2C#N)c1. The van der Waals surface area contributed by atoms with Crippen LogP contribution in [0.15, 0.2) is 42.6 Å². The number of ether oxygens (including phenoxy) is 1. The lowest BCUT2D eigenvalue weighted by molar-refractivity contribution is 0.300. The van der Waals surface area contributed by atoms with Crippen molar-refractivity contribution in [2.24, 2.45) is 0 Å². The number of nitriles is 1. The largest absolute Gasteiger partial charge is 0.486 e. The van der Waals surface area contributed by atoms with Gasteiger partial charge >= 0.3 is 0 Å². The summed E-state index contributed by atoms with van der Waals surface area (Å²) in [5, 5.41) is 12.2. The molecule has 0 amide bonds. The van der Waals surface area contributed by atoms with Crippen molar-refractivity contribution in [3.8, 4) is 11.8 Å². The third kappa shape index (κ3) is 3.46. The Kier molecular flexibility index (Phi) is 4.35. The van der Waals surface area contributed by atoms with Gasteiger partial charge in [-0.25, -0.2) is 0 Å². The van der Waals surface area contributed by atoms with Crippen LogP contribution in [0.3, 0.4) is 0 Å². The fourth-order valence-electron chi connectivity index (χ4n) is 1.71.